The minimum atomic E-state index is -1.13. The fourth-order valence-corrected chi connectivity index (χ4v) is 3.57. The van der Waals surface area contributed by atoms with E-state index >= 15 is 0 Å². The monoisotopic (exact) mass is 471 g/mol. The van der Waals surface area contributed by atoms with Crippen LogP contribution in [0.4, 0.5) is 10.5 Å². The van der Waals surface area contributed by atoms with Gasteiger partial charge in [0.25, 0.3) is 0 Å². The molecule has 2 N–H and O–H groups in total. The molecule has 0 spiro atoms. The van der Waals surface area contributed by atoms with Crippen LogP contribution in [0.1, 0.15) is 78.9 Å². The standard InChI is InChI=1S/C26H37N3O5/c1-8-12-29(13-9-2)22(30)18-14-17-10-11-19(26(6,7)23(31)32)16-20(17)27-21(15-18)28-24(33)34-25(3,4)5/h10-11,14,16H,8-9,12-13,15H2,1-7H3,(H,31,32)(H,27,28,33). The zero-order valence-electron chi connectivity index (χ0n) is 21.3. The Balaban J connectivity index is 2.55. The number of benzene rings is 1. The first-order chi connectivity index (χ1) is 15.8. The van der Waals surface area contributed by atoms with Crippen LogP contribution in [0.2, 0.25) is 0 Å². The van der Waals surface area contributed by atoms with Crippen molar-refractivity contribution in [3.8, 4) is 0 Å². The molecular weight excluding hydrogens is 434 g/mol. The molecule has 0 unspecified atom stereocenters. The fraction of sp³-hybridized carbons (Fsp3) is 0.538. The van der Waals surface area contributed by atoms with E-state index in [0.29, 0.717) is 35.5 Å². The summed E-state index contributed by atoms with van der Waals surface area (Å²) >= 11 is 0. The van der Waals surface area contributed by atoms with Crippen molar-refractivity contribution in [2.45, 2.75) is 78.7 Å². The molecule has 0 bridgehead atoms. The maximum Gasteiger partial charge on any atom is 0.413 e. The third-order valence-corrected chi connectivity index (χ3v) is 5.42. The summed E-state index contributed by atoms with van der Waals surface area (Å²) in [5, 5.41) is 12.3. The number of amides is 2. The van der Waals surface area contributed by atoms with E-state index in [-0.39, 0.29) is 18.2 Å². The van der Waals surface area contributed by atoms with Gasteiger partial charge in [0.15, 0.2) is 0 Å². The van der Waals surface area contributed by atoms with Gasteiger partial charge in [-0.1, -0.05) is 26.0 Å². The molecule has 2 amide bonds. The summed E-state index contributed by atoms with van der Waals surface area (Å²) in [6.45, 7) is 13.8. The molecule has 1 aliphatic heterocycles. The molecule has 1 heterocycles. The number of carbonyl (C=O) groups excluding carboxylic acids is 2. The number of hydrogen-bond donors (Lipinski definition) is 2. The molecule has 1 aliphatic rings. The van der Waals surface area contributed by atoms with E-state index in [1.165, 1.54) is 0 Å². The highest BCUT2D eigenvalue weighted by Crippen LogP contribution is 2.33. The van der Waals surface area contributed by atoms with E-state index in [4.69, 9.17) is 4.74 Å². The summed E-state index contributed by atoms with van der Waals surface area (Å²) in [7, 11) is 0. The lowest BCUT2D eigenvalue weighted by atomic mass is 9.84. The van der Waals surface area contributed by atoms with E-state index in [1.54, 1.807) is 58.9 Å². The molecule has 8 heteroatoms. The lowest BCUT2D eigenvalue weighted by Gasteiger charge is -2.23. The number of carbonyl (C=O) groups is 3. The number of hydrogen-bond acceptors (Lipinski definition) is 5. The summed E-state index contributed by atoms with van der Waals surface area (Å²) < 4.78 is 5.38. The largest absolute Gasteiger partial charge is 0.481 e. The van der Waals surface area contributed by atoms with Gasteiger partial charge in [0.1, 0.15) is 11.4 Å². The molecule has 0 aromatic heterocycles. The van der Waals surface area contributed by atoms with Crippen molar-refractivity contribution in [2.75, 3.05) is 13.1 Å². The number of nitrogens with zero attached hydrogens (tertiary/aromatic N) is 2. The second-order valence-corrected chi connectivity index (χ2v) is 10.0. The number of rotatable bonds is 7. The Morgan fingerprint density at radius 3 is 2.24 bits per heavy atom. The number of carboxylic acid groups (broad SMARTS) is 1. The highest BCUT2D eigenvalue weighted by molar-refractivity contribution is 6.08. The molecule has 1 aromatic rings. The van der Waals surface area contributed by atoms with Crippen molar-refractivity contribution >= 4 is 35.6 Å². The molecule has 0 saturated heterocycles. The zero-order valence-corrected chi connectivity index (χ0v) is 21.3. The third kappa shape index (κ3) is 6.92. The highest BCUT2D eigenvalue weighted by atomic mass is 16.6. The summed E-state index contributed by atoms with van der Waals surface area (Å²) in [5.41, 5.74) is 0.415. The topological polar surface area (TPSA) is 108 Å². The van der Waals surface area contributed by atoms with Gasteiger partial charge in [-0.2, -0.15) is 0 Å². The van der Waals surface area contributed by atoms with Gasteiger partial charge >= 0.3 is 12.1 Å². The molecule has 0 aliphatic carbocycles. The fourth-order valence-electron chi connectivity index (χ4n) is 3.57. The van der Waals surface area contributed by atoms with E-state index in [0.717, 1.165) is 12.8 Å². The Hall–Kier alpha value is -3.16. The van der Waals surface area contributed by atoms with Crippen molar-refractivity contribution in [1.29, 1.82) is 0 Å². The maximum absolute atomic E-state index is 13.4. The van der Waals surface area contributed by atoms with Gasteiger partial charge in [0.05, 0.1) is 11.1 Å². The van der Waals surface area contributed by atoms with Crippen LogP contribution < -0.4 is 5.32 Å². The number of aliphatic imine (C=N–C) groups is 1. The third-order valence-electron chi connectivity index (χ3n) is 5.42. The number of aliphatic carboxylic acids is 1. The molecule has 0 fully saturated rings. The Kier molecular flexibility index (Phi) is 8.64. The van der Waals surface area contributed by atoms with E-state index in [1.807, 2.05) is 18.7 Å². The van der Waals surface area contributed by atoms with E-state index in [9.17, 15) is 19.5 Å². The summed E-state index contributed by atoms with van der Waals surface area (Å²) in [4.78, 5) is 44.1. The van der Waals surface area contributed by atoms with Crippen molar-refractivity contribution in [3.63, 3.8) is 0 Å². The Morgan fingerprint density at radius 2 is 1.71 bits per heavy atom. The lowest BCUT2D eigenvalue weighted by molar-refractivity contribution is -0.142. The Bertz CT molecular complexity index is 996. The highest BCUT2D eigenvalue weighted by Gasteiger charge is 2.31. The molecule has 8 nitrogen and oxygen atoms in total. The molecule has 1 aromatic carbocycles. The number of fused-ring (bicyclic) bond motifs is 1. The van der Waals surface area contributed by atoms with Crippen LogP contribution in [0.15, 0.2) is 28.8 Å². The van der Waals surface area contributed by atoms with Crippen LogP contribution in [0.3, 0.4) is 0 Å². The molecule has 2 rings (SSSR count). The van der Waals surface area contributed by atoms with Gasteiger partial charge in [-0.3, -0.25) is 14.9 Å². The molecule has 186 valence electrons. The van der Waals surface area contributed by atoms with E-state index < -0.39 is 23.1 Å². The van der Waals surface area contributed by atoms with Gasteiger partial charge in [0, 0.05) is 30.6 Å². The first kappa shape index (κ1) is 27.1. The first-order valence-corrected chi connectivity index (χ1v) is 11.7. The Labute approximate surface area is 202 Å². The van der Waals surface area contributed by atoms with Crippen LogP contribution >= 0.6 is 0 Å². The average molecular weight is 472 g/mol. The van der Waals surface area contributed by atoms with Crippen molar-refractivity contribution < 1.29 is 24.2 Å². The number of amidine groups is 1. The predicted molar refractivity (Wildman–Crippen MR) is 133 cm³/mol. The molecule has 0 saturated carbocycles. The van der Waals surface area contributed by atoms with Gasteiger partial charge < -0.3 is 14.7 Å². The van der Waals surface area contributed by atoms with Gasteiger partial charge in [-0.25, -0.2) is 9.79 Å². The van der Waals surface area contributed by atoms with Crippen LogP contribution in [0, 0.1) is 0 Å². The van der Waals surface area contributed by atoms with E-state index in [2.05, 4.69) is 10.3 Å². The summed E-state index contributed by atoms with van der Waals surface area (Å²) in [5.74, 6) is -0.797. The van der Waals surface area contributed by atoms with Gasteiger partial charge in [-0.15, -0.1) is 0 Å². The quantitative estimate of drug-likeness (QED) is 0.579. The SMILES string of the molecule is CCCN(CCC)C(=O)C1=Cc2ccc(C(C)(C)C(=O)O)cc2N=C(NC(=O)OC(C)(C)C)C1. The van der Waals surface area contributed by atoms with Crippen LogP contribution in [-0.2, 0) is 19.7 Å². The number of carboxylic acids is 1. The Morgan fingerprint density at radius 1 is 1.09 bits per heavy atom. The predicted octanol–water partition coefficient (Wildman–Crippen LogP) is 5.04. The lowest BCUT2D eigenvalue weighted by Crippen LogP contribution is -2.38. The van der Waals surface area contributed by atoms with Crippen LogP contribution in [0.25, 0.3) is 6.08 Å². The second-order valence-electron chi connectivity index (χ2n) is 10.0. The maximum atomic E-state index is 13.4. The molecule has 0 atom stereocenters. The van der Waals surface area contributed by atoms with Crippen LogP contribution in [-0.4, -0.2) is 52.5 Å². The average Bonchev–Trinajstić information content (AvgIpc) is 2.89. The second kappa shape index (κ2) is 10.8. The number of alkyl carbamates (subject to hydrolysis) is 1. The summed E-state index contributed by atoms with van der Waals surface area (Å²) in [6.07, 6.45) is 2.90. The summed E-state index contributed by atoms with van der Waals surface area (Å²) in [6, 6.07) is 5.20. The number of ether oxygens (including phenoxy) is 1. The normalized spacial score (nSPS) is 13.7. The van der Waals surface area contributed by atoms with Crippen molar-refractivity contribution in [2.24, 2.45) is 4.99 Å². The molecule has 34 heavy (non-hydrogen) atoms. The smallest absolute Gasteiger partial charge is 0.413 e. The first-order valence-electron chi connectivity index (χ1n) is 11.7. The zero-order chi connectivity index (χ0) is 25.7. The van der Waals surface area contributed by atoms with Gasteiger partial charge in [-0.05, 0) is 65.2 Å². The van der Waals surface area contributed by atoms with Gasteiger partial charge in [0.2, 0.25) is 5.91 Å². The van der Waals surface area contributed by atoms with Crippen molar-refractivity contribution in [3.05, 3.63) is 34.9 Å². The molecule has 0 radical (unpaired) electrons. The molecular formula is C26H37N3O5. The van der Waals surface area contributed by atoms with Crippen LogP contribution in [0.5, 0.6) is 0 Å². The van der Waals surface area contributed by atoms with Crippen molar-refractivity contribution in [1.82, 2.24) is 10.2 Å². The minimum Gasteiger partial charge on any atom is -0.481 e. The number of nitrogens with one attached hydrogen (secondary N) is 1. The minimum absolute atomic E-state index is 0.106.